The van der Waals surface area contributed by atoms with Crippen LogP contribution in [0.25, 0.3) is 16.6 Å². The minimum atomic E-state index is -0.549. The van der Waals surface area contributed by atoms with Gasteiger partial charge in [-0.05, 0) is 42.5 Å². The van der Waals surface area contributed by atoms with Gasteiger partial charge in [-0.2, -0.15) is 0 Å². The highest BCUT2D eigenvalue weighted by Gasteiger charge is 2.16. The van der Waals surface area contributed by atoms with E-state index in [0.29, 0.717) is 11.2 Å². The number of halogens is 3. The Labute approximate surface area is 163 Å². The Kier molecular flexibility index (Phi) is 4.75. The van der Waals surface area contributed by atoms with Crippen molar-refractivity contribution in [3.8, 4) is 5.69 Å². The number of benzene rings is 2. The van der Waals surface area contributed by atoms with E-state index in [2.05, 4.69) is 15.3 Å². The van der Waals surface area contributed by atoms with Gasteiger partial charge in [0.2, 0.25) is 0 Å². The number of rotatable bonds is 4. The zero-order valence-electron chi connectivity index (χ0n) is 14.4. The third-order valence-electron chi connectivity index (χ3n) is 4.19. The minimum Gasteiger partial charge on any atom is -0.375 e. The molecule has 0 aliphatic carbocycles. The van der Waals surface area contributed by atoms with E-state index in [0.717, 1.165) is 6.07 Å². The van der Waals surface area contributed by atoms with Gasteiger partial charge in [-0.25, -0.2) is 18.7 Å². The first-order chi connectivity index (χ1) is 13.5. The third kappa shape index (κ3) is 3.32. The van der Waals surface area contributed by atoms with Crippen molar-refractivity contribution in [2.75, 3.05) is 5.32 Å². The number of anilines is 1. The van der Waals surface area contributed by atoms with E-state index in [-0.39, 0.29) is 28.6 Å². The Hall–Kier alpha value is -3.32. The first kappa shape index (κ1) is 18.1. The van der Waals surface area contributed by atoms with E-state index >= 15 is 0 Å². The number of nitrogens with zero attached hydrogens (tertiary/aromatic N) is 3. The average molecular weight is 399 g/mol. The summed E-state index contributed by atoms with van der Waals surface area (Å²) in [5, 5.41) is 3.13. The van der Waals surface area contributed by atoms with Gasteiger partial charge in [-0.1, -0.05) is 23.7 Å². The van der Waals surface area contributed by atoms with Crippen LogP contribution in [0.5, 0.6) is 0 Å². The first-order valence-corrected chi connectivity index (χ1v) is 8.73. The normalized spacial score (nSPS) is 11.0. The molecule has 8 heteroatoms. The molecule has 0 unspecified atom stereocenters. The van der Waals surface area contributed by atoms with Crippen molar-refractivity contribution in [3.63, 3.8) is 0 Å². The average Bonchev–Trinajstić information content (AvgIpc) is 2.69. The summed E-state index contributed by atoms with van der Waals surface area (Å²) < 4.78 is 28.9. The van der Waals surface area contributed by atoms with Crippen molar-refractivity contribution < 1.29 is 8.78 Å². The molecule has 140 valence electrons. The molecule has 0 aliphatic rings. The van der Waals surface area contributed by atoms with Crippen molar-refractivity contribution in [1.29, 1.82) is 0 Å². The predicted octanol–water partition coefficient (Wildman–Crippen LogP) is 4.32. The lowest BCUT2D eigenvalue weighted by Crippen LogP contribution is -2.26. The van der Waals surface area contributed by atoms with E-state index in [1.54, 1.807) is 30.3 Å². The largest absolute Gasteiger partial charge is 0.375 e. The summed E-state index contributed by atoms with van der Waals surface area (Å²) in [4.78, 5) is 21.6. The summed E-state index contributed by atoms with van der Waals surface area (Å²) >= 11 is 6.17. The summed E-state index contributed by atoms with van der Waals surface area (Å²) in [6.07, 6.45) is 1.49. The summed E-state index contributed by atoms with van der Waals surface area (Å²) in [6.45, 7) is 0.0364. The lowest BCUT2D eigenvalue weighted by Gasteiger charge is -2.15. The first-order valence-electron chi connectivity index (χ1n) is 8.35. The maximum atomic E-state index is 13.9. The number of hydrogen-bond acceptors (Lipinski definition) is 4. The second kappa shape index (κ2) is 7.36. The van der Waals surface area contributed by atoms with Crippen molar-refractivity contribution in [3.05, 3.63) is 93.8 Å². The smallest absolute Gasteiger partial charge is 0.266 e. The van der Waals surface area contributed by atoms with Crippen molar-refractivity contribution >= 4 is 28.2 Å². The molecule has 2 aromatic heterocycles. The molecular weight excluding hydrogens is 386 g/mol. The van der Waals surface area contributed by atoms with E-state index in [1.165, 1.54) is 29.0 Å². The number of para-hydroxylation sites is 1. The molecule has 5 nitrogen and oxygen atoms in total. The molecular formula is C20H13ClF2N4O. The van der Waals surface area contributed by atoms with Crippen LogP contribution in [-0.4, -0.2) is 14.5 Å². The number of fused-ring (bicyclic) bond motifs is 1. The van der Waals surface area contributed by atoms with E-state index in [4.69, 9.17) is 11.6 Å². The summed E-state index contributed by atoms with van der Waals surface area (Å²) in [5.41, 5.74) is 0.399. The summed E-state index contributed by atoms with van der Waals surface area (Å²) in [7, 11) is 0. The second-order valence-electron chi connectivity index (χ2n) is 5.98. The molecule has 0 spiro atoms. The Morgan fingerprint density at radius 2 is 1.89 bits per heavy atom. The monoisotopic (exact) mass is 398 g/mol. The maximum absolute atomic E-state index is 13.9. The highest BCUT2D eigenvalue weighted by molar-refractivity contribution is 6.31. The molecule has 0 radical (unpaired) electrons. The van der Waals surface area contributed by atoms with Crippen LogP contribution in [0.1, 0.15) is 5.82 Å². The van der Waals surface area contributed by atoms with Gasteiger partial charge in [0.05, 0.1) is 28.8 Å². The Morgan fingerprint density at radius 3 is 2.68 bits per heavy atom. The molecule has 2 aromatic carbocycles. The fourth-order valence-electron chi connectivity index (χ4n) is 2.89. The zero-order chi connectivity index (χ0) is 19.7. The third-order valence-corrected chi connectivity index (χ3v) is 4.48. The zero-order valence-corrected chi connectivity index (χ0v) is 15.1. The Balaban J connectivity index is 1.90. The Morgan fingerprint density at radius 1 is 1.07 bits per heavy atom. The van der Waals surface area contributed by atoms with Crippen molar-refractivity contribution in [2.45, 2.75) is 6.54 Å². The van der Waals surface area contributed by atoms with Gasteiger partial charge in [-0.15, -0.1) is 0 Å². The lowest BCUT2D eigenvalue weighted by molar-refractivity contribution is 0.628. The summed E-state index contributed by atoms with van der Waals surface area (Å²) in [5.74, 6) is -0.701. The second-order valence-corrected chi connectivity index (χ2v) is 6.33. The molecule has 0 amide bonds. The van der Waals surface area contributed by atoms with Crippen LogP contribution in [0.15, 0.2) is 65.6 Å². The van der Waals surface area contributed by atoms with Gasteiger partial charge >= 0.3 is 0 Å². The van der Waals surface area contributed by atoms with E-state index < -0.39 is 17.2 Å². The quantitative estimate of drug-likeness (QED) is 0.520. The topological polar surface area (TPSA) is 59.8 Å². The lowest BCUT2D eigenvalue weighted by atomic mass is 10.2. The molecule has 4 rings (SSSR count). The van der Waals surface area contributed by atoms with Gasteiger partial charge in [-0.3, -0.25) is 9.36 Å². The molecule has 2 heterocycles. The maximum Gasteiger partial charge on any atom is 0.266 e. The van der Waals surface area contributed by atoms with Crippen LogP contribution < -0.4 is 10.9 Å². The van der Waals surface area contributed by atoms with Crippen LogP contribution in [0.2, 0.25) is 5.15 Å². The molecule has 0 aliphatic heterocycles. The van der Waals surface area contributed by atoms with Crippen LogP contribution in [0.4, 0.5) is 14.5 Å². The molecule has 0 fully saturated rings. The van der Waals surface area contributed by atoms with Crippen LogP contribution in [0, 0.1) is 11.6 Å². The standard InChI is InChI=1S/C20H13ClF2N4O/c21-19-17(6-3-9-24-19)27-18(11-25-16-5-2-1-4-14(16)23)26-15-8-7-12(22)10-13(15)20(27)28/h1-10,25H,11H2. The van der Waals surface area contributed by atoms with Gasteiger partial charge < -0.3 is 5.32 Å². The Bertz CT molecular complexity index is 1240. The molecule has 4 aromatic rings. The van der Waals surface area contributed by atoms with Crippen LogP contribution in [0.3, 0.4) is 0 Å². The molecule has 1 N–H and O–H groups in total. The van der Waals surface area contributed by atoms with Gasteiger partial charge in [0, 0.05) is 6.20 Å². The van der Waals surface area contributed by atoms with Crippen LogP contribution in [-0.2, 0) is 6.54 Å². The highest BCUT2D eigenvalue weighted by Crippen LogP contribution is 2.20. The summed E-state index contributed by atoms with van der Waals surface area (Å²) in [6, 6.07) is 13.2. The van der Waals surface area contributed by atoms with Gasteiger partial charge in [0.1, 0.15) is 17.5 Å². The number of aromatic nitrogens is 3. The van der Waals surface area contributed by atoms with Gasteiger partial charge in [0.15, 0.2) is 5.15 Å². The van der Waals surface area contributed by atoms with Crippen LogP contribution >= 0.6 is 11.6 Å². The molecule has 0 atom stereocenters. The van der Waals surface area contributed by atoms with E-state index in [1.807, 2.05) is 0 Å². The number of nitrogens with one attached hydrogen (secondary N) is 1. The fourth-order valence-corrected chi connectivity index (χ4v) is 3.10. The minimum absolute atomic E-state index is 0.0364. The highest BCUT2D eigenvalue weighted by atomic mass is 35.5. The van der Waals surface area contributed by atoms with Crippen molar-refractivity contribution in [2.24, 2.45) is 0 Å². The molecule has 0 bridgehead atoms. The predicted molar refractivity (Wildman–Crippen MR) is 104 cm³/mol. The molecule has 28 heavy (non-hydrogen) atoms. The SMILES string of the molecule is O=c1c2cc(F)ccc2nc(CNc2ccccc2F)n1-c1cccnc1Cl. The van der Waals surface area contributed by atoms with E-state index in [9.17, 15) is 13.6 Å². The van der Waals surface area contributed by atoms with Gasteiger partial charge in [0.25, 0.3) is 5.56 Å². The number of hydrogen-bond donors (Lipinski definition) is 1. The number of pyridine rings is 1. The molecule has 0 saturated carbocycles. The molecule has 0 saturated heterocycles. The fraction of sp³-hybridized carbons (Fsp3) is 0.0500. The van der Waals surface area contributed by atoms with Crippen molar-refractivity contribution in [1.82, 2.24) is 14.5 Å².